The van der Waals surface area contributed by atoms with Crippen LogP contribution in [-0.2, 0) is 0 Å². The summed E-state index contributed by atoms with van der Waals surface area (Å²) in [5.41, 5.74) is 7.43. The fraction of sp³-hybridized carbons (Fsp3) is 0. The topological polar surface area (TPSA) is 69.6 Å². The lowest BCUT2D eigenvalue weighted by Crippen LogP contribution is -2.01. The first-order valence-electron chi connectivity index (χ1n) is 15.9. The zero-order valence-corrected chi connectivity index (χ0v) is 25.6. The first kappa shape index (κ1) is 26.5. The van der Waals surface area contributed by atoms with Crippen LogP contribution >= 0.6 is 0 Å². The minimum Gasteiger partial charge on any atom is -0.438 e. The fourth-order valence-electron chi connectivity index (χ4n) is 6.89. The van der Waals surface area contributed by atoms with Crippen molar-refractivity contribution in [2.75, 3.05) is 0 Å². The maximum absolute atomic E-state index is 6.12. The molecule has 0 amide bonds. The van der Waals surface area contributed by atoms with E-state index >= 15 is 0 Å². The Hall–Kier alpha value is -6.66. The van der Waals surface area contributed by atoms with E-state index in [0.717, 1.165) is 44.1 Å². The SMILES string of the molecule is c1ccc2cc(-c3nc(-c4ccc(-n5c6ccccc6c6ccccc65)cc4)nc(-c4cccc5oc6ncccc6c45)n3)ccc2c1. The maximum atomic E-state index is 6.12. The summed E-state index contributed by atoms with van der Waals surface area (Å²) in [5.74, 6) is 1.78. The van der Waals surface area contributed by atoms with Crippen molar-refractivity contribution in [2.24, 2.45) is 0 Å². The van der Waals surface area contributed by atoms with Gasteiger partial charge in [0.2, 0.25) is 5.71 Å². The molecule has 0 saturated carbocycles. The van der Waals surface area contributed by atoms with Crippen molar-refractivity contribution in [3.8, 4) is 39.9 Å². The standard InChI is InChI=1S/C42H25N5O/c1-2-10-28-25-29(19-18-26(28)9-1)40-44-39(45-41(46-40)33-13-7-17-37-38(33)34-14-8-24-43-42(34)48-37)27-20-22-30(23-21-27)47-35-15-5-3-11-31(35)32-12-4-6-16-36(32)47/h1-25H. The van der Waals surface area contributed by atoms with E-state index in [1.807, 2.05) is 36.4 Å². The monoisotopic (exact) mass is 615 g/mol. The van der Waals surface area contributed by atoms with E-state index in [9.17, 15) is 0 Å². The van der Waals surface area contributed by atoms with Gasteiger partial charge in [-0.25, -0.2) is 19.9 Å². The van der Waals surface area contributed by atoms with Gasteiger partial charge in [-0.3, -0.25) is 0 Å². The molecule has 0 bridgehead atoms. The number of nitrogens with zero attached hydrogens (tertiary/aromatic N) is 5. The van der Waals surface area contributed by atoms with E-state index in [2.05, 4.69) is 119 Å². The molecule has 0 fully saturated rings. The molecule has 10 rings (SSSR count). The Morgan fingerprint density at radius 3 is 1.92 bits per heavy atom. The van der Waals surface area contributed by atoms with Gasteiger partial charge in [0, 0.05) is 50.1 Å². The van der Waals surface area contributed by atoms with Crippen molar-refractivity contribution < 1.29 is 4.42 Å². The highest BCUT2D eigenvalue weighted by molar-refractivity contribution is 6.11. The molecule has 6 nitrogen and oxygen atoms in total. The molecule has 48 heavy (non-hydrogen) atoms. The van der Waals surface area contributed by atoms with Crippen molar-refractivity contribution in [2.45, 2.75) is 0 Å². The number of para-hydroxylation sites is 2. The highest BCUT2D eigenvalue weighted by Crippen LogP contribution is 2.37. The fourth-order valence-corrected chi connectivity index (χ4v) is 6.89. The van der Waals surface area contributed by atoms with Crippen LogP contribution in [-0.4, -0.2) is 24.5 Å². The average molecular weight is 616 g/mol. The number of fused-ring (bicyclic) bond motifs is 7. The Labute approximate surface area is 274 Å². The molecule has 224 valence electrons. The number of benzene rings is 6. The summed E-state index contributed by atoms with van der Waals surface area (Å²) in [6, 6.07) is 50.1. The summed E-state index contributed by atoms with van der Waals surface area (Å²) in [7, 11) is 0. The van der Waals surface area contributed by atoms with Gasteiger partial charge in [-0.2, -0.15) is 0 Å². The second-order valence-corrected chi connectivity index (χ2v) is 11.9. The predicted octanol–water partition coefficient (Wildman–Crippen LogP) is 10.4. The molecular formula is C42H25N5O. The van der Waals surface area contributed by atoms with E-state index in [4.69, 9.17) is 19.4 Å². The molecule has 6 heteroatoms. The second-order valence-electron chi connectivity index (χ2n) is 11.9. The zero-order chi connectivity index (χ0) is 31.6. The number of hydrogen-bond donors (Lipinski definition) is 0. The Morgan fingerprint density at radius 1 is 0.479 bits per heavy atom. The normalized spacial score (nSPS) is 11.8. The lowest BCUT2D eigenvalue weighted by atomic mass is 10.1. The molecule has 0 aliphatic carbocycles. The maximum Gasteiger partial charge on any atom is 0.227 e. The highest BCUT2D eigenvalue weighted by atomic mass is 16.3. The molecule has 6 aromatic carbocycles. The van der Waals surface area contributed by atoms with Gasteiger partial charge in [0.05, 0.1) is 11.0 Å². The molecule has 0 atom stereocenters. The van der Waals surface area contributed by atoms with Gasteiger partial charge < -0.3 is 8.98 Å². The summed E-state index contributed by atoms with van der Waals surface area (Å²) in [6.45, 7) is 0. The van der Waals surface area contributed by atoms with Gasteiger partial charge in [-0.1, -0.05) is 84.9 Å². The van der Waals surface area contributed by atoms with Crippen LogP contribution in [0, 0.1) is 0 Å². The molecule has 10 aromatic rings. The molecule has 0 unspecified atom stereocenters. The van der Waals surface area contributed by atoms with Crippen molar-refractivity contribution in [1.82, 2.24) is 24.5 Å². The molecule has 0 aliphatic heterocycles. The minimum atomic E-state index is 0.576. The van der Waals surface area contributed by atoms with Crippen LogP contribution in [0.2, 0.25) is 0 Å². The third kappa shape index (κ3) is 4.13. The molecule has 4 aromatic heterocycles. The summed E-state index contributed by atoms with van der Waals surface area (Å²) in [5, 5.41) is 6.62. The van der Waals surface area contributed by atoms with E-state index in [1.54, 1.807) is 6.20 Å². The number of pyridine rings is 1. The molecule has 0 N–H and O–H groups in total. The lowest BCUT2D eigenvalue weighted by Gasteiger charge is -2.11. The summed E-state index contributed by atoms with van der Waals surface area (Å²) >= 11 is 0. The number of aromatic nitrogens is 5. The molecule has 4 heterocycles. The molecule has 0 spiro atoms. The van der Waals surface area contributed by atoms with Crippen molar-refractivity contribution in [3.05, 3.63) is 152 Å². The average Bonchev–Trinajstić information content (AvgIpc) is 3.71. The summed E-state index contributed by atoms with van der Waals surface area (Å²) in [6.07, 6.45) is 1.74. The summed E-state index contributed by atoms with van der Waals surface area (Å²) in [4.78, 5) is 19.7. The van der Waals surface area contributed by atoms with Crippen molar-refractivity contribution in [3.63, 3.8) is 0 Å². The van der Waals surface area contributed by atoms with Crippen LogP contribution < -0.4 is 0 Å². The Balaban J connectivity index is 1.17. The van der Waals surface area contributed by atoms with E-state index in [0.29, 0.717) is 23.2 Å². The van der Waals surface area contributed by atoms with E-state index < -0.39 is 0 Å². The molecular weight excluding hydrogens is 590 g/mol. The Kier molecular flexibility index (Phi) is 5.77. The van der Waals surface area contributed by atoms with Gasteiger partial charge >= 0.3 is 0 Å². The van der Waals surface area contributed by atoms with Crippen LogP contribution in [0.5, 0.6) is 0 Å². The van der Waals surface area contributed by atoms with Crippen LogP contribution in [0.3, 0.4) is 0 Å². The number of hydrogen-bond acceptors (Lipinski definition) is 5. The molecule has 0 aliphatic rings. The van der Waals surface area contributed by atoms with Gasteiger partial charge in [-0.15, -0.1) is 0 Å². The largest absolute Gasteiger partial charge is 0.438 e. The highest BCUT2D eigenvalue weighted by Gasteiger charge is 2.19. The molecule has 0 radical (unpaired) electrons. The van der Waals surface area contributed by atoms with Crippen LogP contribution in [0.4, 0.5) is 0 Å². The third-order valence-electron chi connectivity index (χ3n) is 9.12. The van der Waals surface area contributed by atoms with Gasteiger partial charge in [0.25, 0.3) is 0 Å². The first-order chi connectivity index (χ1) is 23.8. The number of rotatable bonds is 4. The van der Waals surface area contributed by atoms with E-state index in [-0.39, 0.29) is 0 Å². The van der Waals surface area contributed by atoms with Gasteiger partial charge in [-0.05, 0) is 71.4 Å². The third-order valence-corrected chi connectivity index (χ3v) is 9.12. The smallest absolute Gasteiger partial charge is 0.227 e. The minimum absolute atomic E-state index is 0.576. The Morgan fingerprint density at radius 2 is 1.12 bits per heavy atom. The van der Waals surface area contributed by atoms with Crippen molar-refractivity contribution in [1.29, 1.82) is 0 Å². The predicted molar refractivity (Wildman–Crippen MR) is 193 cm³/mol. The van der Waals surface area contributed by atoms with Gasteiger partial charge in [0.1, 0.15) is 5.58 Å². The summed E-state index contributed by atoms with van der Waals surface area (Å²) < 4.78 is 8.43. The van der Waals surface area contributed by atoms with Crippen LogP contribution in [0.15, 0.2) is 156 Å². The molecule has 0 saturated heterocycles. The second kappa shape index (κ2) is 10.4. The van der Waals surface area contributed by atoms with E-state index in [1.165, 1.54) is 27.2 Å². The Bertz CT molecular complexity index is 2800. The van der Waals surface area contributed by atoms with Crippen LogP contribution in [0.25, 0.3) is 94.5 Å². The lowest BCUT2D eigenvalue weighted by molar-refractivity contribution is 0.654. The van der Waals surface area contributed by atoms with Crippen LogP contribution in [0.1, 0.15) is 0 Å². The van der Waals surface area contributed by atoms with Crippen molar-refractivity contribution >= 4 is 54.6 Å². The number of furan rings is 1. The first-order valence-corrected chi connectivity index (χ1v) is 15.9. The zero-order valence-electron chi connectivity index (χ0n) is 25.6. The van der Waals surface area contributed by atoms with Gasteiger partial charge in [0.15, 0.2) is 17.5 Å². The quantitative estimate of drug-likeness (QED) is 0.197.